The normalized spacial score (nSPS) is 13.3. The van der Waals surface area contributed by atoms with Crippen LogP contribution in [0.1, 0.15) is 0 Å². The smallest absolute Gasteiger partial charge is 0.403 e. The van der Waals surface area contributed by atoms with Crippen molar-refractivity contribution in [1.82, 2.24) is 19.1 Å². The second kappa shape index (κ2) is 5.83. The van der Waals surface area contributed by atoms with E-state index in [2.05, 4.69) is 25.7 Å². The lowest BCUT2D eigenvalue weighted by molar-refractivity contribution is -0.198. The highest BCUT2D eigenvalue weighted by Crippen LogP contribution is 2.29. The molecule has 2 rings (SSSR count). The highest BCUT2D eigenvalue weighted by Gasteiger charge is 2.46. The van der Waals surface area contributed by atoms with Crippen molar-refractivity contribution in [2.45, 2.75) is 12.7 Å². The van der Waals surface area contributed by atoms with E-state index < -0.39 is 35.9 Å². The molecule has 0 aliphatic heterocycles. The molecule has 23 heavy (non-hydrogen) atoms. The quantitative estimate of drug-likeness (QED) is 0.600. The Morgan fingerprint density at radius 3 is 2.57 bits per heavy atom. The van der Waals surface area contributed by atoms with Crippen molar-refractivity contribution in [1.29, 1.82) is 0 Å². The first-order valence-electron chi connectivity index (χ1n) is 6.07. The molecule has 0 saturated heterocycles. The molecular weight excluding hydrogens is 389 g/mol. The Morgan fingerprint density at radius 2 is 2.04 bits per heavy atom. The van der Waals surface area contributed by atoms with E-state index in [1.54, 1.807) is 0 Å². The Bertz CT molecular complexity index is 882. The van der Waals surface area contributed by atoms with Gasteiger partial charge >= 0.3 is 17.8 Å². The molecule has 8 nitrogen and oxygen atoms in total. The summed E-state index contributed by atoms with van der Waals surface area (Å²) >= 11 is 3.02. The number of H-pyrrole nitrogens is 1. The van der Waals surface area contributed by atoms with Gasteiger partial charge in [0.15, 0.2) is 21.8 Å². The van der Waals surface area contributed by atoms with Crippen LogP contribution in [0.3, 0.4) is 0 Å². The molecule has 126 valence electrons. The summed E-state index contributed by atoms with van der Waals surface area (Å²) in [7, 11) is 2.24. The van der Waals surface area contributed by atoms with Gasteiger partial charge in [-0.1, -0.05) is 0 Å². The zero-order valence-electron chi connectivity index (χ0n) is 11.8. The minimum atomic E-state index is -4.93. The molecule has 2 heterocycles. The number of ether oxygens (including phenoxy) is 1. The lowest BCUT2D eigenvalue weighted by Crippen LogP contribution is -2.40. The first-order valence-corrected chi connectivity index (χ1v) is 6.86. The topological polar surface area (TPSA) is 99.0 Å². The molecule has 0 bridgehead atoms. The van der Waals surface area contributed by atoms with E-state index in [-0.39, 0.29) is 15.9 Å². The fourth-order valence-electron chi connectivity index (χ4n) is 2.03. The zero-order chi connectivity index (χ0) is 17.5. The number of halogens is 4. The third-order valence-electron chi connectivity index (χ3n) is 3.20. The van der Waals surface area contributed by atoms with Crippen molar-refractivity contribution in [3.63, 3.8) is 0 Å². The monoisotopic (exact) mass is 398 g/mol. The second-order valence-corrected chi connectivity index (χ2v) is 5.31. The summed E-state index contributed by atoms with van der Waals surface area (Å²) in [5.74, 6) is -4.11. The second-order valence-electron chi connectivity index (χ2n) is 4.60. The molecule has 0 amide bonds. The van der Waals surface area contributed by atoms with Gasteiger partial charge in [-0.2, -0.15) is 13.2 Å². The van der Waals surface area contributed by atoms with Crippen LogP contribution in [-0.4, -0.2) is 38.4 Å². The van der Waals surface area contributed by atoms with Gasteiger partial charge in [0.2, 0.25) is 0 Å². The molecule has 1 unspecified atom stereocenters. The summed E-state index contributed by atoms with van der Waals surface area (Å²) < 4.78 is 45.2. The van der Waals surface area contributed by atoms with Gasteiger partial charge in [-0.3, -0.25) is 19.1 Å². The zero-order valence-corrected chi connectivity index (χ0v) is 13.4. The maximum atomic E-state index is 13.0. The lowest BCUT2D eigenvalue weighted by atomic mass is 10.1. The molecule has 0 aromatic carbocycles. The summed E-state index contributed by atoms with van der Waals surface area (Å²) in [5, 5.41) is 0. The number of carbonyl (C=O) groups is 1. The maximum absolute atomic E-state index is 13.0. The fraction of sp³-hybridized carbons (Fsp3) is 0.455. The molecular formula is C11H10BrF3N4O4. The molecule has 0 spiro atoms. The number of rotatable bonds is 3. The minimum absolute atomic E-state index is 0.109. The summed E-state index contributed by atoms with van der Waals surface area (Å²) in [6.07, 6.45) is -4.93. The Balaban J connectivity index is 2.68. The van der Waals surface area contributed by atoms with Gasteiger partial charge < -0.3 is 9.30 Å². The van der Waals surface area contributed by atoms with Crippen LogP contribution < -0.4 is 11.2 Å². The Hall–Kier alpha value is -2.11. The molecule has 2 aromatic rings. The van der Waals surface area contributed by atoms with E-state index in [9.17, 15) is 27.6 Å². The number of nitrogens with one attached hydrogen (secondary N) is 1. The number of imidazole rings is 1. The Morgan fingerprint density at radius 1 is 1.43 bits per heavy atom. The van der Waals surface area contributed by atoms with Crippen LogP contribution in [0.15, 0.2) is 14.3 Å². The van der Waals surface area contributed by atoms with E-state index in [4.69, 9.17) is 0 Å². The summed E-state index contributed by atoms with van der Waals surface area (Å²) in [6, 6.07) is 0. The van der Waals surface area contributed by atoms with E-state index in [1.807, 2.05) is 4.98 Å². The first kappa shape index (κ1) is 17.2. The number of methoxy groups -OCH3 is 1. The van der Waals surface area contributed by atoms with Crippen molar-refractivity contribution in [2.24, 2.45) is 13.0 Å². The number of aromatic amines is 1. The lowest BCUT2D eigenvalue weighted by Gasteiger charge is -2.18. The van der Waals surface area contributed by atoms with Crippen LogP contribution in [-0.2, 0) is 23.1 Å². The molecule has 0 fully saturated rings. The van der Waals surface area contributed by atoms with E-state index in [1.165, 1.54) is 11.6 Å². The number of alkyl halides is 3. The number of fused-ring (bicyclic) bond motifs is 1. The highest BCUT2D eigenvalue weighted by molar-refractivity contribution is 9.10. The van der Waals surface area contributed by atoms with Gasteiger partial charge in [-0.05, 0) is 15.9 Å². The highest BCUT2D eigenvalue weighted by atomic mass is 79.9. The van der Waals surface area contributed by atoms with Crippen molar-refractivity contribution in [2.75, 3.05) is 7.11 Å². The summed E-state index contributed by atoms with van der Waals surface area (Å²) in [4.78, 5) is 40.8. The number of nitrogens with zero attached hydrogens (tertiary/aromatic N) is 3. The van der Waals surface area contributed by atoms with Crippen molar-refractivity contribution in [3.8, 4) is 0 Å². The number of aryl methyl sites for hydroxylation is 1. The number of hydrogen-bond donors (Lipinski definition) is 1. The molecule has 0 aliphatic carbocycles. The van der Waals surface area contributed by atoms with Crippen molar-refractivity contribution in [3.05, 3.63) is 25.6 Å². The standard InChI is InChI=1S/C11H10BrF3N4O4/c1-18-5-6(16-9(18)12)19(10(22)17-7(5)20)3-4(8(21)23-2)11(13,14)15/h4H,3H2,1-2H3,(H,17,20,22). The third-order valence-corrected chi connectivity index (χ3v) is 3.91. The van der Waals surface area contributed by atoms with Crippen molar-refractivity contribution >= 4 is 33.1 Å². The largest absolute Gasteiger partial charge is 0.468 e. The van der Waals surface area contributed by atoms with Gasteiger partial charge in [-0.25, -0.2) is 9.78 Å². The molecule has 1 N–H and O–H groups in total. The number of carbonyl (C=O) groups excluding carboxylic acids is 1. The maximum Gasteiger partial charge on any atom is 0.403 e. The van der Waals surface area contributed by atoms with Crippen molar-refractivity contribution < 1.29 is 22.7 Å². The van der Waals surface area contributed by atoms with E-state index >= 15 is 0 Å². The van der Waals surface area contributed by atoms with E-state index in [0.29, 0.717) is 4.57 Å². The average Bonchev–Trinajstić information content (AvgIpc) is 2.72. The summed E-state index contributed by atoms with van der Waals surface area (Å²) in [5.41, 5.74) is -2.29. The van der Waals surface area contributed by atoms with Crippen LogP contribution in [0, 0.1) is 5.92 Å². The SMILES string of the molecule is COC(=O)C(Cn1c(=O)[nH]c(=O)c2c1nc(Br)n2C)C(F)(F)F. The number of hydrogen-bond acceptors (Lipinski definition) is 5. The molecule has 0 aliphatic rings. The van der Waals surface area contributed by atoms with Crippen LogP contribution in [0.25, 0.3) is 11.2 Å². The van der Waals surface area contributed by atoms with E-state index in [0.717, 1.165) is 7.11 Å². The van der Waals surface area contributed by atoms with Gasteiger partial charge in [0.05, 0.1) is 13.7 Å². The fourth-order valence-corrected chi connectivity index (χ4v) is 2.37. The molecule has 0 radical (unpaired) electrons. The Kier molecular flexibility index (Phi) is 4.37. The Labute approximate surface area is 134 Å². The third kappa shape index (κ3) is 3.02. The molecule has 1 atom stereocenters. The van der Waals surface area contributed by atoms with Gasteiger partial charge in [0, 0.05) is 7.05 Å². The summed E-state index contributed by atoms with van der Waals surface area (Å²) in [6.45, 7) is -1.06. The minimum Gasteiger partial charge on any atom is -0.468 e. The molecule has 12 heteroatoms. The van der Waals surface area contributed by atoms with Gasteiger partial charge in [0.25, 0.3) is 5.56 Å². The van der Waals surface area contributed by atoms with Crippen LogP contribution in [0.4, 0.5) is 13.2 Å². The van der Waals surface area contributed by atoms with Crippen LogP contribution in [0.2, 0.25) is 0 Å². The molecule has 0 saturated carbocycles. The number of esters is 1. The first-order chi connectivity index (χ1) is 10.6. The molecule has 2 aromatic heterocycles. The number of aromatic nitrogens is 4. The van der Waals surface area contributed by atoms with Gasteiger partial charge in [-0.15, -0.1) is 0 Å². The average molecular weight is 399 g/mol. The van der Waals surface area contributed by atoms with Gasteiger partial charge in [0.1, 0.15) is 0 Å². The predicted molar refractivity (Wildman–Crippen MR) is 74.9 cm³/mol. The van der Waals surface area contributed by atoms with Crippen LogP contribution in [0.5, 0.6) is 0 Å². The predicted octanol–water partition coefficient (Wildman–Crippen LogP) is 0.537. The van der Waals surface area contributed by atoms with Crippen LogP contribution >= 0.6 is 15.9 Å².